The second-order valence-corrected chi connectivity index (χ2v) is 7.02. The van der Waals surface area contributed by atoms with Gasteiger partial charge in [0.1, 0.15) is 5.75 Å². The second kappa shape index (κ2) is 7.43. The maximum atomic E-state index is 12.6. The highest BCUT2D eigenvalue weighted by Crippen LogP contribution is 2.36. The van der Waals surface area contributed by atoms with Gasteiger partial charge in [0.05, 0.1) is 11.3 Å². The summed E-state index contributed by atoms with van der Waals surface area (Å²) >= 11 is 1.31. The summed E-state index contributed by atoms with van der Waals surface area (Å²) in [6.45, 7) is -0.933. The Morgan fingerprint density at radius 2 is 2.00 bits per heavy atom. The number of nitrogens with zero attached hydrogens (tertiary/aromatic N) is 1. The number of thiazole rings is 1. The Morgan fingerprint density at radius 3 is 2.75 bits per heavy atom. The minimum Gasteiger partial charge on any atom is -0.454 e. The number of rotatable bonds is 5. The molecule has 1 amide bonds. The fourth-order valence-electron chi connectivity index (χ4n) is 2.79. The van der Waals surface area contributed by atoms with Crippen molar-refractivity contribution in [1.82, 2.24) is 4.98 Å². The van der Waals surface area contributed by atoms with Crippen LogP contribution in [0.1, 0.15) is 15.2 Å². The van der Waals surface area contributed by atoms with E-state index in [4.69, 9.17) is 9.47 Å². The van der Waals surface area contributed by atoms with Crippen LogP contribution < -0.4 is 19.5 Å². The van der Waals surface area contributed by atoms with E-state index in [0.29, 0.717) is 27.9 Å². The first-order valence-corrected chi connectivity index (χ1v) is 9.05. The molecule has 1 aliphatic rings. The number of carbonyl (C=O) groups excluding carboxylic acids is 1. The van der Waals surface area contributed by atoms with E-state index in [1.165, 1.54) is 23.5 Å². The average molecular weight is 404 g/mol. The first-order valence-electron chi connectivity index (χ1n) is 8.24. The van der Waals surface area contributed by atoms with Crippen molar-refractivity contribution in [2.45, 2.75) is 13.5 Å². The molecule has 0 fully saturated rings. The van der Waals surface area contributed by atoms with Crippen molar-refractivity contribution in [3.63, 3.8) is 0 Å². The summed E-state index contributed by atoms with van der Waals surface area (Å²) in [6.07, 6.45) is 0. The number of amides is 1. The van der Waals surface area contributed by atoms with E-state index in [-0.39, 0.29) is 18.4 Å². The number of fused-ring (bicyclic) bond motifs is 1. The molecule has 2 heterocycles. The van der Waals surface area contributed by atoms with Gasteiger partial charge in [-0.15, -0.1) is 11.3 Å². The molecule has 1 N–H and O–H groups in total. The molecular formula is C19H14F2N2O4S. The van der Waals surface area contributed by atoms with Gasteiger partial charge < -0.3 is 14.2 Å². The molecule has 3 aromatic rings. The Kier molecular flexibility index (Phi) is 4.82. The molecule has 9 heteroatoms. The topological polar surface area (TPSA) is 69.7 Å². The van der Waals surface area contributed by atoms with E-state index in [9.17, 15) is 13.6 Å². The Labute approximate surface area is 162 Å². The van der Waals surface area contributed by atoms with Crippen LogP contribution in [-0.2, 0) is 0 Å². The van der Waals surface area contributed by atoms with Gasteiger partial charge in [0.25, 0.3) is 5.91 Å². The van der Waals surface area contributed by atoms with E-state index >= 15 is 0 Å². The highest BCUT2D eigenvalue weighted by molar-refractivity contribution is 7.16. The van der Waals surface area contributed by atoms with Gasteiger partial charge in [-0.3, -0.25) is 10.1 Å². The van der Waals surface area contributed by atoms with Crippen molar-refractivity contribution >= 4 is 22.4 Å². The van der Waals surface area contributed by atoms with Crippen molar-refractivity contribution < 1.29 is 27.8 Å². The minimum absolute atomic E-state index is 0.0697. The first-order chi connectivity index (χ1) is 13.5. The summed E-state index contributed by atoms with van der Waals surface area (Å²) < 4.78 is 39.5. The molecule has 0 saturated carbocycles. The quantitative estimate of drug-likeness (QED) is 0.668. The Hall–Kier alpha value is -3.20. The van der Waals surface area contributed by atoms with Crippen molar-refractivity contribution in [1.29, 1.82) is 0 Å². The van der Waals surface area contributed by atoms with Crippen LogP contribution in [0.15, 0.2) is 42.5 Å². The van der Waals surface area contributed by atoms with Gasteiger partial charge in [-0.05, 0) is 43.3 Å². The molecule has 6 nitrogen and oxygen atoms in total. The number of carbonyl (C=O) groups is 1. The zero-order valence-corrected chi connectivity index (χ0v) is 15.4. The lowest BCUT2D eigenvalue weighted by atomic mass is 10.1. The molecule has 0 bridgehead atoms. The highest BCUT2D eigenvalue weighted by atomic mass is 32.1. The van der Waals surface area contributed by atoms with Crippen molar-refractivity contribution in [3.8, 4) is 28.5 Å². The van der Waals surface area contributed by atoms with E-state index in [1.54, 1.807) is 30.3 Å². The standard InChI is InChI=1S/C19H14F2N2O4S/c1-10-15(11-5-7-12(8-6-11)27-18(20)21)22-19(28-10)23-17(24)13-3-2-4-14-16(13)26-9-25-14/h2-8,18H,9H2,1H3,(H,22,23,24). The monoisotopic (exact) mass is 404 g/mol. The minimum atomic E-state index is -2.87. The molecule has 0 atom stereocenters. The number of hydrogen-bond acceptors (Lipinski definition) is 6. The van der Waals surface area contributed by atoms with E-state index in [2.05, 4.69) is 15.0 Å². The van der Waals surface area contributed by atoms with E-state index < -0.39 is 6.61 Å². The van der Waals surface area contributed by atoms with Crippen LogP contribution in [0.3, 0.4) is 0 Å². The molecule has 1 aliphatic heterocycles. The maximum Gasteiger partial charge on any atom is 0.387 e. The number of alkyl halides is 2. The molecule has 0 aliphatic carbocycles. The SMILES string of the molecule is Cc1sc(NC(=O)c2cccc3c2OCO3)nc1-c1ccc(OC(F)F)cc1. The zero-order chi connectivity index (χ0) is 19.7. The number of halogens is 2. The molecule has 1 aromatic heterocycles. The summed E-state index contributed by atoms with van der Waals surface area (Å²) in [7, 11) is 0. The molecule has 0 unspecified atom stereocenters. The van der Waals surface area contributed by atoms with Gasteiger partial charge in [-0.25, -0.2) is 4.98 Å². The summed E-state index contributed by atoms with van der Waals surface area (Å²) in [4.78, 5) is 17.9. The average Bonchev–Trinajstić information content (AvgIpc) is 3.28. The van der Waals surface area contributed by atoms with Gasteiger partial charge in [0.2, 0.25) is 6.79 Å². The van der Waals surface area contributed by atoms with Gasteiger partial charge >= 0.3 is 6.61 Å². The fraction of sp³-hybridized carbons (Fsp3) is 0.158. The smallest absolute Gasteiger partial charge is 0.387 e. The van der Waals surface area contributed by atoms with Crippen LogP contribution in [0, 0.1) is 6.92 Å². The molecule has 4 rings (SSSR count). The summed E-state index contributed by atoms with van der Waals surface area (Å²) in [5.74, 6) is 0.640. The number of anilines is 1. The molecule has 0 radical (unpaired) electrons. The van der Waals surface area contributed by atoms with Crippen molar-refractivity contribution in [2.24, 2.45) is 0 Å². The molecule has 144 valence electrons. The lowest BCUT2D eigenvalue weighted by Gasteiger charge is -2.05. The van der Waals surface area contributed by atoms with Gasteiger partial charge in [0.15, 0.2) is 16.6 Å². The van der Waals surface area contributed by atoms with Crippen LogP contribution in [0.2, 0.25) is 0 Å². The number of para-hydroxylation sites is 1. The molecule has 28 heavy (non-hydrogen) atoms. The van der Waals surface area contributed by atoms with E-state index in [1.807, 2.05) is 6.92 Å². The normalized spacial score (nSPS) is 12.3. The van der Waals surface area contributed by atoms with Gasteiger partial charge in [0, 0.05) is 10.4 Å². The summed E-state index contributed by atoms with van der Waals surface area (Å²) in [5, 5.41) is 3.18. The molecule has 0 saturated heterocycles. The number of hydrogen-bond donors (Lipinski definition) is 1. The number of benzene rings is 2. The Balaban J connectivity index is 1.53. The maximum absolute atomic E-state index is 12.6. The van der Waals surface area contributed by atoms with Crippen LogP contribution in [0.4, 0.5) is 13.9 Å². The predicted molar refractivity (Wildman–Crippen MR) is 99.4 cm³/mol. The third-order valence-corrected chi connectivity index (χ3v) is 4.90. The summed E-state index contributed by atoms with van der Waals surface area (Å²) in [5.41, 5.74) is 1.74. The fourth-order valence-corrected chi connectivity index (χ4v) is 3.62. The number of nitrogens with one attached hydrogen (secondary N) is 1. The molecular weight excluding hydrogens is 390 g/mol. The Bertz CT molecular complexity index is 1020. The van der Waals surface area contributed by atoms with Crippen LogP contribution in [-0.4, -0.2) is 24.3 Å². The largest absolute Gasteiger partial charge is 0.454 e. The van der Waals surface area contributed by atoms with Gasteiger partial charge in [-0.2, -0.15) is 8.78 Å². The number of aromatic nitrogens is 1. The van der Waals surface area contributed by atoms with Crippen molar-refractivity contribution in [2.75, 3.05) is 12.1 Å². The van der Waals surface area contributed by atoms with Crippen LogP contribution >= 0.6 is 11.3 Å². The zero-order valence-electron chi connectivity index (χ0n) is 14.6. The van der Waals surface area contributed by atoms with Crippen LogP contribution in [0.5, 0.6) is 17.2 Å². The third kappa shape index (κ3) is 3.61. The van der Waals surface area contributed by atoms with E-state index in [0.717, 1.165) is 10.4 Å². The number of aryl methyl sites for hydroxylation is 1. The predicted octanol–water partition coefficient (Wildman–Crippen LogP) is 4.70. The number of ether oxygens (including phenoxy) is 3. The molecule has 0 spiro atoms. The van der Waals surface area contributed by atoms with Crippen LogP contribution in [0.25, 0.3) is 11.3 Å². The highest BCUT2D eigenvalue weighted by Gasteiger charge is 2.23. The Morgan fingerprint density at radius 1 is 1.21 bits per heavy atom. The lowest BCUT2D eigenvalue weighted by molar-refractivity contribution is -0.0498. The lowest BCUT2D eigenvalue weighted by Crippen LogP contribution is -2.12. The second-order valence-electron chi connectivity index (χ2n) is 5.82. The van der Waals surface area contributed by atoms with Gasteiger partial charge in [-0.1, -0.05) is 6.07 Å². The summed E-state index contributed by atoms with van der Waals surface area (Å²) in [6, 6.07) is 11.3. The third-order valence-electron chi connectivity index (χ3n) is 4.01. The molecule has 2 aromatic carbocycles. The van der Waals surface area contributed by atoms with Crippen molar-refractivity contribution in [3.05, 3.63) is 52.9 Å². The first kappa shape index (κ1) is 18.2.